The first kappa shape index (κ1) is 44.8. The fraction of sp³-hybridized carbons (Fsp3) is 0.523. The molecule has 0 heterocycles. The first-order valence-electron chi connectivity index (χ1n) is 18.7. The zero-order valence-corrected chi connectivity index (χ0v) is 30.4. The molecule has 2 atom stereocenters. The van der Waals surface area contributed by atoms with Gasteiger partial charge < -0.3 is 15.5 Å². The molecule has 0 aromatic heterocycles. The van der Waals surface area contributed by atoms with Crippen LogP contribution in [0.4, 0.5) is 0 Å². The van der Waals surface area contributed by atoms with Gasteiger partial charge >= 0.3 is 0 Å². The highest BCUT2D eigenvalue weighted by molar-refractivity contribution is 5.76. The van der Waals surface area contributed by atoms with Crippen LogP contribution in [-0.2, 0) is 4.79 Å². The summed E-state index contributed by atoms with van der Waals surface area (Å²) in [4.78, 5) is 12.3. The summed E-state index contributed by atoms with van der Waals surface area (Å²) in [6, 6.07) is -0.670. The summed E-state index contributed by atoms with van der Waals surface area (Å²) in [5.41, 5.74) is 0. The third-order valence-electron chi connectivity index (χ3n) is 7.39. The molecule has 0 spiro atoms. The lowest BCUT2D eigenvalue weighted by Gasteiger charge is -2.19. The van der Waals surface area contributed by atoms with E-state index in [0.29, 0.717) is 6.42 Å². The molecule has 2 unspecified atom stereocenters. The number of nitrogens with one attached hydrogen (secondary N) is 1. The summed E-state index contributed by atoms with van der Waals surface area (Å²) in [6.07, 6.45) is 60.0. The van der Waals surface area contributed by atoms with Crippen molar-refractivity contribution in [1.29, 1.82) is 0 Å². The number of hydrogen-bond donors (Lipinski definition) is 3. The number of rotatable bonds is 31. The molecule has 1 amide bonds. The number of carbonyl (C=O) groups excluding carboxylic acids is 1. The molecular weight excluding hydrogens is 590 g/mol. The predicted molar refractivity (Wildman–Crippen MR) is 211 cm³/mol. The SMILES string of the molecule is CC/C=C\C/C=C\C/C=C\C/C=C\C/C=C\C/C=C\C/C=C\CCCCCC(=O)NC(CO)C(O)/C=C/CC/C=C/CC/C=C/CCC. The lowest BCUT2D eigenvalue weighted by Crippen LogP contribution is -2.45. The second kappa shape index (κ2) is 38.2. The van der Waals surface area contributed by atoms with E-state index in [1.807, 2.05) is 6.08 Å². The normalized spacial score (nSPS) is 14.5. The molecule has 3 N–H and O–H groups in total. The molecule has 48 heavy (non-hydrogen) atoms. The third-order valence-corrected chi connectivity index (χ3v) is 7.39. The Morgan fingerprint density at radius 3 is 1.40 bits per heavy atom. The van der Waals surface area contributed by atoms with Crippen LogP contribution in [-0.4, -0.2) is 34.9 Å². The van der Waals surface area contributed by atoms with Gasteiger partial charge in [-0.3, -0.25) is 4.79 Å². The lowest BCUT2D eigenvalue weighted by atomic mass is 10.1. The highest BCUT2D eigenvalue weighted by Gasteiger charge is 2.17. The van der Waals surface area contributed by atoms with Crippen molar-refractivity contribution in [1.82, 2.24) is 5.32 Å². The lowest BCUT2D eigenvalue weighted by molar-refractivity contribution is -0.123. The van der Waals surface area contributed by atoms with Crippen molar-refractivity contribution in [2.24, 2.45) is 0 Å². The first-order chi connectivity index (χ1) is 23.7. The van der Waals surface area contributed by atoms with E-state index in [4.69, 9.17) is 0 Å². The Kier molecular flexibility index (Phi) is 35.7. The summed E-state index contributed by atoms with van der Waals surface area (Å²) in [5.74, 6) is -0.120. The topological polar surface area (TPSA) is 69.6 Å². The largest absolute Gasteiger partial charge is 0.394 e. The smallest absolute Gasteiger partial charge is 0.220 e. The number of unbranched alkanes of at least 4 members (excludes halogenated alkanes) is 6. The highest BCUT2D eigenvalue weighted by atomic mass is 16.3. The molecule has 268 valence electrons. The second-order valence-electron chi connectivity index (χ2n) is 11.9. The highest BCUT2D eigenvalue weighted by Crippen LogP contribution is 2.06. The molecule has 0 fully saturated rings. The van der Waals surface area contributed by atoms with Crippen molar-refractivity contribution in [2.75, 3.05) is 6.61 Å². The number of amides is 1. The molecule has 4 nitrogen and oxygen atoms in total. The van der Waals surface area contributed by atoms with Crippen LogP contribution >= 0.6 is 0 Å². The van der Waals surface area contributed by atoms with Gasteiger partial charge in [0.25, 0.3) is 0 Å². The minimum Gasteiger partial charge on any atom is -0.394 e. The molecule has 0 aromatic rings. The van der Waals surface area contributed by atoms with Gasteiger partial charge in [0.15, 0.2) is 0 Å². The maximum absolute atomic E-state index is 12.3. The van der Waals surface area contributed by atoms with Crippen molar-refractivity contribution >= 4 is 5.91 Å². The van der Waals surface area contributed by atoms with Gasteiger partial charge in [0.2, 0.25) is 5.91 Å². The van der Waals surface area contributed by atoms with Crippen LogP contribution in [0.15, 0.2) is 122 Å². The van der Waals surface area contributed by atoms with E-state index in [0.717, 1.165) is 103 Å². The molecule has 0 radical (unpaired) electrons. The number of hydrogen-bond acceptors (Lipinski definition) is 3. The van der Waals surface area contributed by atoms with E-state index < -0.39 is 12.1 Å². The van der Waals surface area contributed by atoms with Crippen LogP contribution in [0.5, 0.6) is 0 Å². The Balaban J connectivity index is 3.82. The number of aliphatic hydroxyl groups excluding tert-OH is 2. The number of carbonyl (C=O) groups is 1. The Labute approximate surface area is 295 Å². The van der Waals surface area contributed by atoms with Gasteiger partial charge in [-0.15, -0.1) is 0 Å². The average Bonchev–Trinajstić information content (AvgIpc) is 3.09. The number of aliphatic hydroxyl groups is 2. The minimum atomic E-state index is -0.891. The standard InChI is InChI=1S/C44H69NO3/c1-3-5-7-9-11-13-15-16-17-18-19-20-21-22-23-24-25-26-27-28-30-32-34-36-38-40-44(48)45-42(41-46)43(47)39-37-35-33-31-29-14-12-10-8-6-4-2/h5,7-8,10-11,13,16-17,19-20,22-23,25-26,28-31,37,39,42-43,46-47H,3-4,6,9,12,14-15,18,21,24,27,32-36,38,40-41H2,1-2H3,(H,45,48)/b7-5-,10-8+,13-11-,17-16-,20-19-,23-22-,26-25-,30-28-,31-29+,39-37+. The van der Waals surface area contributed by atoms with E-state index in [1.54, 1.807) is 6.08 Å². The molecule has 4 heteroatoms. The number of allylic oxidation sites excluding steroid dienone is 19. The van der Waals surface area contributed by atoms with Crippen molar-refractivity contribution in [2.45, 2.75) is 142 Å². The summed E-state index contributed by atoms with van der Waals surface area (Å²) in [5, 5.41) is 22.8. The molecule has 0 saturated carbocycles. The molecular formula is C44H69NO3. The van der Waals surface area contributed by atoms with Crippen LogP contribution in [0.2, 0.25) is 0 Å². The second-order valence-corrected chi connectivity index (χ2v) is 11.9. The van der Waals surface area contributed by atoms with Crippen LogP contribution in [0.25, 0.3) is 0 Å². The van der Waals surface area contributed by atoms with Crippen LogP contribution < -0.4 is 5.32 Å². The molecule has 0 bridgehead atoms. The molecule has 0 aliphatic carbocycles. The van der Waals surface area contributed by atoms with Crippen LogP contribution in [0, 0.1) is 0 Å². The Morgan fingerprint density at radius 2 is 0.938 bits per heavy atom. The van der Waals surface area contributed by atoms with Gasteiger partial charge in [-0.2, -0.15) is 0 Å². The third kappa shape index (κ3) is 34.1. The van der Waals surface area contributed by atoms with E-state index in [1.165, 1.54) is 6.42 Å². The van der Waals surface area contributed by atoms with Crippen molar-refractivity contribution in [3.05, 3.63) is 122 Å². The molecule has 0 aromatic carbocycles. The maximum atomic E-state index is 12.3. The van der Waals surface area contributed by atoms with E-state index >= 15 is 0 Å². The fourth-order valence-corrected chi connectivity index (χ4v) is 4.55. The van der Waals surface area contributed by atoms with Gasteiger partial charge in [-0.1, -0.05) is 148 Å². The Bertz CT molecular complexity index is 1020. The van der Waals surface area contributed by atoms with E-state index in [2.05, 4.69) is 129 Å². The summed E-state index contributed by atoms with van der Waals surface area (Å²) in [7, 11) is 0. The Hall–Kier alpha value is -3.21. The molecule has 0 rings (SSSR count). The quantitative estimate of drug-likeness (QED) is 0.0512. The average molecular weight is 660 g/mol. The Morgan fingerprint density at radius 1 is 0.521 bits per heavy atom. The summed E-state index contributed by atoms with van der Waals surface area (Å²) < 4.78 is 0. The van der Waals surface area contributed by atoms with Crippen LogP contribution in [0.1, 0.15) is 129 Å². The van der Waals surface area contributed by atoms with Gasteiger partial charge in [-0.05, 0) is 96.3 Å². The summed E-state index contributed by atoms with van der Waals surface area (Å²) >= 11 is 0. The van der Waals surface area contributed by atoms with Crippen molar-refractivity contribution in [3.63, 3.8) is 0 Å². The van der Waals surface area contributed by atoms with Crippen molar-refractivity contribution in [3.8, 4) is 0 Å². The zero-order valence-electron chi connectivity index (χ0n) is 30.4. The van der Waals surface area contributed by atoms with E-state index in [9.17, 15) is 15.0 Å². The first-order valence-corrected chi connectivity index (χ1v) is 18.7. The predicted octanol–water partition coefficient (Wildman–Crippen LogP) is 11.4. The van der Waals surface area contributed by atoms with Gasteiger partial charge in [-0.25, -0.2) is 0 Å². The van der Waals surface area contributed by atoms with Crippen LogP contribution in [0.3, 0.4) is 0 Å². The monoisotopic (exact) mass is 660 g/mol. The van der Waals surface area contributed by atoms with Gasteiger partial charge in [0, 0.05) is 6.42 Å². The van der Waals surface area contributed by atoms with E-state index in [-0.39, 0.29) is 12.5 Å². The molecule has 0 saturated heterocycles. The summed E-state index contributed by atoms with van der Waals surface area (Å²) in [6.45, 7) is 4.05. The van der Waals surface area contributed by atoms with Gasteiger partial charge in [0.1, 0.15) is 0 Å². The van der Waals surface area contributed by atoms with Crippen molar-refractivity contribution < 1.29 is 15.0 Å². The maximum Gasteiger partial charge on any atom is 0.220 e. The minimum absolute atomic E-state index is 0.120. The van der Waals surface area contributed by atoms with Gasteiger partial charge in [0.05, 0.1) is 18.8 Å². The molecule has 0 aliphatic heterocycles. The molecule has 0 aliphatic rings. The fourth-order valence-electron chi connectivity index (χ4n) is 4.55. The zero-order chi connectivity index (χ0) is 35.0.